The van der Waals surface area contributed by atoms with Crippen LogP contribution in [0.4, 0.5) is 5.82 Å². The van der Waals surface area contributed by atoms with Gasteiger partial charge in [-0.2, -0.15) is 5.10 Å². The zero-order chi connectivity index (χ0) is 8.10. The molecule has 1 rings (SSSR count). The van der Waals surface area contributed by atoms with E-state index in [1.54, 1.807) is 24.4 Å². The van der Waals surface area contributed by atoms with Crippen LogP contribution in [-0.2, 0) is 0 Å². The summed E-state index contributed by atoms with van der Waals surface area (Å²) >= 11 is 0. The topological polar surface area (TPSA) is 49.2 Å². The van der Waals surface area contributed by atoms with Crippen molar-refractivity contribution in [3.8, 4) is 0 Å². The zero-order valence-corrected chi connectivity index (χ0v) is 6.01. The van der Waals surface area contributed by atoms with Gasteiger partial charge >= 0.3 is 0 Å². The van der Waals surface area contributed by atoms with Crippen LogP contribution >= 0.6 is 0 Å². The second-order valence-electron chi connectivity index (χ2n) is 1.95. The number of hydrogen-bond donors (Lipinski definition) is 1. The molecule has 0 aliphatic heterocycles. The Morgan fingerprint density at radius 3 is 3.09 bits per heavy atom. The molecule has 1 aromatic heterocycles. The van der Waals surface area contributed by atoms with Crippen molar-refractivity contribution in [1.29, 1.82) is 0 Å². The molecule has 0 spiro atoms. The minimum atomic E-state index is 0.346. The van der Waals surface area contributed by atoms with Gasteiger partial charge in [-0.1, -0.05) is 6.08 Å². The van der Waals surface area contributed by atoms with E-state index in [-0.39, 0.29) is 0 Å². The van der Waals surface area contributed by atoms with Gasteiger partial charge in [0.15, 0.2) is 5.82 Å². The van der Waals surface area contributed by atoms with Crippen molar-refractivity contribution in [2.45, 2.75) is 0 Å². The first-order valence-corrected chi connectivity index (χ1v) is 3.19. The summed E-state index contributed by atoms with van der Waals surface area (Å²) < 4.78 is 0. The summed E-state index contributed by atoms with van der Waals surface area (Å²) in [7, 11) is 0. The average Bonchev–Trinajstić information content (AvgIpc) is 2.07. The highest BCUT2D eigenvalue weighted by atomic mass is 16.5. The van der Waals surface area contributed by atoms with Crippen molar-refractivity contribution in [2.75, 3.05) is 11.6 Å². The van der Waals surface area contributed by atoms with E-state index in [4.69, 9.17) is 0 Å². The molecule has 0 fully saturated rings. The Morgan fingerprint density at radius 2 is 2.55 bits per heavy atom. The second kappa shape index (κ2) is 3.68. The summed E-state index contributed by atoms with van der Waals surface area (Å²) in [5.41, 5.74) is 0. The van der Waals surface area contributed by atoms with Crippen LogP contribution in [-0.4, -0.2) is 21.9 Å². The molecule has 0 unspecified atom stereocenters. The summed E-state index contributed by atoms with van der Waals surface area (Å²) in [5, 5.41) is 17.4. The van der Waals surface area contributed by atoms with E-state index in [0.29, 0.717) is 12.4 Å². The van der Waals surface area contributed by atoms with Gasteiger partial charge in [0.2, 0.25) is 0 Å². The summed E-state index contributed by atoms with van der Waals surface area (Å²) in [6.07, 6.45) is 3.12. The van der Waals surface area contributed by atoms with Gasteiger partial charge in [-0.25, -0.2) is 5.06 Å². The van der Waals surface area contributed by atoms with Gasteiger partial charge in [-0.3, -0.25) is 5.21 Å². The van der Waals surface area contributed by atoms with Crippen LogP contribution in [0.1, 0.15) is 0 Å². The molecule has 0 aliphatic carbocycles. The predicted molar refractivity (Wildman–Crippen MR) is 41.4 cm³/mol. The van der Waals surface area contributed by atoms with E-state index in [1.165, 1.54) is 0 Å². The minimum Gasteiger partial charge on any atom is -0.287 e. The van der Waals surface area contributed by atoms with Crippen LogP contribution < -0.4 is 5.06 Å². The Morgan fingerprint density at radius 1 is 1.73 bits per heavy atom. The van der Waals surface area contributed by atoms with Crippen LogP contribution in [0, 0.1) is 0 Å². The fourth-order valence-electron chi connectivity index (χ4n) is 0.647. The Bertz CT molecular complexity index is 224. The Balaban J connectivity index is 2.68. The molecular formula is C7H9N3O. The third kappa shape index (κ3) is 2.01. The smallest absolute Gasteiger partial charge is 0.175 e. The minimum absolute atomic E-state index is 0.346. The van der Waals surface area contributed by atoms with Gasteiger partial charge in [0.05, 0.1) is 6.54 Å². The van der Waals surface area contributed by atoms with E-state index in [1.807, 2.05) is 0 Å². The number of rotatable bonds is 3. The van der Waals surface area contributed by atoms with Gasteiger partial charge in [-0.05, 0) is 12.1 Å². The molecule has 11 heavy (non-hydrogen) atoms. The first-order valence-electron chi connectivity index (χ1n) is 3.19. The third-order valence-corrected chi connectivity index (χ3v) is 1.12. The SMILES string of the molecule is C=CCN(O)c1cccnn1. The van der Waals surface area contributed by atoms with Gasteiger partial charge in [0.25, 0.3) is 0 Å². The van der Waals surface area contributed by atoms with Crippen molar-refractivity contribution in [1.82, 2.24) is 10.2 Å². The van der Waals surface area contributed by atoms with Crippen molar-refractivity contribution >= 4 is 5.82 Å². The number of hydroxylamine groups is 1. The molecule has 1 aromatic rings. The second-order valence-corrected chi connectivity index (χ2v) is 1.95. The molecule has 0 aliphatic rings. The summed E-state index contributed by atoms with van der Waals surface area (Å²) in [6.45, 7) is 3.82. The van der Waals surface area contributed by atoms with Gasteiger partial charge in [-0.15, -0.1) is 11.7 Å². The number of hydrogen-bond acceptors (Lipinski definition) is 4. The van der Waals surface area contributed by atoms with E-state index in [9.17, 15) is 5.21 Å². The molecule has 0 aromatic carbocycles. The highest BCUT2D eigenvalue weighted by Gasteiger charge is 1.99. The molecule has 0 amide bonds. The van der Waals surface area contributed by atoms with Crippen molar-refractivity contribution < 1.29 is 5.21 Å². The fourth-order valence-corrected chi connectivity index (χ4v) is 0.647. The molecular weight excluding hydrogens is 142 g/mol. The number of anilines is 1. The Kier molecular flexibility index (Phi) is 2.57. The van der Waals surface area contributed by atoms with E-state index >= 15 is 0 Å². The lowest BCUT2D eigenvalue weighted by molar-refractivity contribution is 0.262. The first kappa shape index (κ1) is 7.68. The quantitative estimate of drug-likeness (QED) is 0.514. The molecule has 1 heterocycles. The lowest BCUT2D eigenvalue weighted by Gasteiger charge is -2.11. The normalized spacial score (nSPS) is 9.18. The third-order valence-electron chi connectivity index (χ3n) is 1.12. The Hall–Kier alpha value is -1.42. The van der Waals surface area contributed by atoms with Crippen LogP contribution in [0.25, 0.3) is 0 Å². The zero-order valence-electron chi connectivity index (χ0n) is 6.01. The van der Waals surface area contributed by atoms with Crippen LogP contribution in [0.3, 0.4) is 0 Å². The molecule has 0 radical (unpaired) electrons. The van der Waals surface area contributed by atoms with Crippen LogP contribution in [0.2, 0.25) is 0 Å². The largest absolute Gasteiger partial charge is 0.287 e. The van der Waals surface area contributed by atoms with E-state index in [2.05, 4.69) is 16.8 Å². The Labute approximate surface area is 64.8 Å². The van der Waals surface area contributed by atoms with Crippen LogP contribution in [0.15, 0.2) is 31.0 Å². The average molecular weight is 151 g/mol. The maximum atomic E-state index is 9.18. The molecule has 58 valence electrons. The number of aromatic nitrogens is 2. The summed E-state index contributed by atoms with van der Waals surface area (Å²) in [5.74, 6) is 0.424. The molecule has 4 nitrogen and oxygen atoms in total. The fraction of sp³-hybridized carbons (Fsp3) is 0.143. The predicted octanol–water partition coefficient (Wildman–Crippen LogP) is 0.858. The molecule has 4 heteroatoms. The molecule has 1 N–H and O–H groups in total. The molecule has 0 saturated heterocycles. The maximum absolute atomic E-state index is 9.18. The van der Waals surface area contributed by atoms with Crippen LogP contribution in [0.5, 0.6) is 0 Å². The van der Waals surface area contributed by atoms with Gasteiger partial charge in [0.1, 0.15) is 0 Å². The molecule has 0 bridgehead atoms. The van der Waals surface area contributed by atoms with Crippen molar-refractivity contribution in [3.05, 3.63) is 31.0 Å². The monoisotopic (exact) mass is 151 g/mol. The van der Waals surface area contributed by atoms with Crippen molar-refractivity contribution in [3.63, 3.8) is 0 Å². The lowest BCUT2D eigenvalue weighted by Crippen LogP contribution is -2.18. The summed E-state index contributed by atoms with van der Waals surface area (Å²) in [4.78, 5) is 0. The molecule has 0 atom stereocenters. The first-order chi connectivity index (χ1) is 5.34. The maximum Gasteiger partial charge on any atom is 0.175 e. The van der Waals surface area contributed by atoms with Gasteiger partial charge in [0, 0.05) is 6.20 Å². The highest BCUT2D eigenvalue weighted by Crippen LogP contribution is 2.03. The highest BCUT2D eigenvalue weighted by molar-refractivity contribution is 5.32. The molecule has 0 saturated carbocycles. The van der Waals surface area contributed by atoms with Gasteiger partial charge < -0.3 is 0 Å². The van der Waals surface area contributed by atoms with E-state index in [0.717, 1.165) is 5.06 Å². The standard InChI is InChI=1S/C7H9N3O/c1-2-6-10(11)7-4-3-5-8-9-7/h2-5,11H,1,6H2. The summed E-state index contributed by atoms with van der Waals surface area (Å²) in [6, 6.07) is 3.37. The number of nitrogens with zero attached hydrogens (tertiary/aromatic N) is 3. The van der Waals surface area contributed by atoms with Crippen molar-refractivity contribution in [2.24, 2.45) is 0 Å². The lowest BCUT2D eigenvalue weighted by atomic mass is 10.5. The van der Waals surface area contributed by atoms with E-state index < -0.39 is 0 Å².